The number of piperidine rings is 1. The molecule has 1 aromatic carbocycles. The van der Waals surface area contributed by atoms with E-state index in [-0.39, 0.29) is 21.2 Å². The van der Waals surface area contributed by atoms with Crippen molar-refractivity contribution in [1.82, 2.24) is 13.5 Å². The number of nitrogens with zero attached hydrogens (tertiary/aromatic N) is 3. The molecule has 1 aliphatic heterocycles. The van der Waals surface area contributed by atoms with Crippen molar-refractivity contribution in [3.05, 3.63) is 40.7 Å². The van der Waals surface area contributed by atoms with Gasteiger partial charge in [0.15, 0.2) is 0 Å². The van der Waals surface area contributed by atoms with E-state index < -0.39 is 20.0 Å². The normalized spacial score (nSPS) is 17.2. The minimum atomic E-state index is -4.00. The molecule has 2 aromatic rings. The first-order valence-corrected chi connectivity index (χ1v) is 12.2. The quantitative estimate of drug-likeness (QED) is 0.751. The van der Waals surface area contributed by atoms with Gasteiger partial charge in [-0.3, -0.25) is 0 Å². The van der Waals surface area contributed by atoms with Crippen molar-refractivity contribution in [2.45, 2.75) is 57.3 Å². The highest BCUT2D eigenvalue weighted by Crippen LogP contribution is 2.30. The monoisotopic (exact) mass is 425 g/mol. The highest BCUT2D eigenvalue weighted by Gasteiger charge is 2.35. The lowest BCUT2D eigenvalue weighted by atomic mass is 10.0. The topological polar surface area (TPSA) is 89.3 Å². The van der Waals surface area contributed by atoms with Crippen LogP contribution in [0.2, 0.25) is 0 Å². The molecule has 1 fully saturated rings. The number of sulfonamides is 1. The maximum atomic E-state index is 13.2. The number of hydrogen-bond donors (Lipinski definition) is 0. The van der Waals surface area contributed by atoms with Crippen molar-refractivity contribution in [3.63, 3.8) is 0 Å². The molecule has 1 aromatic heterocycles. The van der Waals surface area contributed by atoms with Crippen LogP contribution in [-0.4, -0.2) is 43.4 Å². The van der Waals surface area contributed by atoms with Gasteiger partial charge in [0, 0.05) is 13.1 Å². The summed E-state index contributed by atoms with van der Waals surface area (Å²) in [4.78, 5) is 0.129. The zero-order valence-corrected chi connectivity index (χ0v) is 18.6. The average Bonchev–Trinajstić information content (AvgIpc) is 2.93. The van der Waals surface area contributed by atoms with Crippen LogP contribution in [0.4, 0.5) is 0 Å². The molecule has 0 spiro atoms. The zero-order valence-electron chi connectivity index (χ0n) is 16.9. The van der Waals surface area contributed by atoms with Crippen LogP contribution in [0.3, 0.4) is 0 Å². The van der Waals surface area contributed by atoms with Gasteiger partial charge < -0.3 is 0 Å². The fourth-order valence-corrected chi connectivity index (χ4v) is 7.20. The minimum absolute atomic E-state index is 0.00376. The molecule has 0 unspecified atom stereocenters. The lowest BCUT2D eigenvalue weighted by molar-refractivity contribution is 0.288. The summed E-state index contributed by atoms with van der Waals surface area (Å²) in [5.41, 5.74) is 1.72. The van der Waals surface area contributed by atoms with Crippen LogP contribution in [0.5, 0.6) is 0 Å². The van der Waals surface area contributed by atoms with Gasteiger partial charge >= 0.3 is 0 Å². The maximum Gasteiger partial charge on any atom is 0.283 e. The van der Waals surface area contributed by atoms with Crippen LogP contribution < -0.4 is 0 Å². The van der Waals surface area contributed by atoms with E-state index in [1.165, 1.54) is 11.2 Å². The standard InChI is InChI=1S/C19H27N3O4S2/c1-13-8-10-21(11-9-13)28(25,26)19-16(4)20-22(17(19)5)27(23,24)18-12-14(2)6-7-15(18)3/h6-7,12-13H,8-11H2,1-5H3. The van der Waals surface area contributed by atoms with Crippen LogP contribution in [0.1, 0.15) is 42.3 Å². The van der Waals surface area contributed by atoms with E-state index >= 15 is 0 Å². The fraction of sp³-hybridized carbons (Fsp3) is 0.526. The lowest BCUT2D eigenvalue weighted by Gasteiger charge is -2.29. The Kier molecular flexibility index (Phi) is 5.46. The summed E-state index contributed by atoms with van der Waals surface area (Å²) in [5.74, 6) is 0.487. The number of benzene rings is 1. The zero-order chi connectivity index (χ0) is 20.9. The number of aryl methyl sites for hydroxylation is 3. The number of rotatable bonds is 4. The SMILES string of the molecule is Cc1ccc(C)c(S(=O)(=O)n2nc(C)c(S(=O)(=O)N3CCC(C)CC3)c2C)c1. The van der Waals surface area contributed by atoms with Gasteiger partial charge in [0.25, 0.3) is 10.0 Å². The Morgan fingerprint density at radius 3 is 2.18 bits per heavy atom. The number of aromatic nitrogens is 2. The van der Waals surface area contributed by atoms with Gasteiger partial charge in [-0.25, -0.2) is 8.42 Å². The fourth-order valence-electron chi connectivity index (χ4n) is 3.65. The van der Waals surface area contributed by atoms with E-state index in [2.05, 4.69) is 12.0 Å². The highest BCUT2D eigenvalue weighted by molar-refractivity contribution is 7.90. The van der Waals surface area contributed by atoms with Crippen LogP contribution in [0, 0.1) is 33.6 Å². The predicted octanol–water partition coefficient (Wildman–Crippen LogP) is 2.77. The van der Waals surface area contributed by atoms with Gasteiger partial charge in [0.2, 0.25) is 10.0 Å². The second kappa shape index (κ2) is 7.27. The molecule has 0 aliphatic carbocycles. The molecule has 1 aliphatic rings. The van der Waals surface area contributed by atoms with Crippen molar-refractivity contribution in [1.29, 1.82) is 0 Å². The van der Waals surface area contributed by atoms with E-state index in [1.807, 2.05) is 13.0 Å². The molecule has 0 N–H and O–H groups in total. The Morgan fingerprint density at radius 2 is 1.57 bits per heavy atom. The summed E-state index contributed by atoms with van der Waals surface area (Å²) in [6.07, 6.45) is 1.60. The Hall–Kier alpha value is -1.71. The molecule has 1 saturated heterocycles. The number of hydrogen-bond acceptors (Lipinski definition) is 5. The van der Waals surface area contributed by atoms with E-state index in [0.717, 1.165) is 22.5 Å². The highest BCUT2D eigenvalue weighted by atomic mass is 32.2. The molecule has 3 rings (SSSR count). The molecule has 7 nitrogen and oxygen atoms in total. The Bertz CT molecular complexity index is 1110. The third-order valence-electron chi connectivity index (χ3n) is 5.37. The molecular weight excluding hydrogens is 398 g/mol. The average molecular weight is 426 g/mol. The summed E-state index contributed by atoms with van der Waals surface area (Å²) < 4.78 is 55.2. The van der Waals surface area contributed by atoms with Crippen molar-refractivity contribution >= 4 is 20.0 Å². The van der Waals surface area contributed by atoms with Crippen LogP contribution >= 0.6 is 0 Å². The van der Waals surface area contributed by atoms with Gasteiger partial charge in [0.05, 0.1) is 16.3 Å². The van der Waals surface area contributed by atoms with Crippen LogP contribution in [0.25, 0.3) is 0 Å². The van der Waals surface area contributed by atoms with Crippen molar-refractivity contribution in [3.8, 4) is 0 Å². The smallest absolute Gasteiger partial charge is 0.207 e. The molecule has 9 heteroatoms. The van der Waals surface area contributed by atoms with Gasteiger partial charge in [-0.2, -0.15) is 21.9 Å². The minimum Gasteiger partial charge on any atom is -0.207 e. The predicted molar refractivity (Wildman–Crippen MR) is 107 cm³/mol. The van der Waals surface area contributed by atoms with Crippen LogP contribution in [0.15, 0.2) is 28.0 Å². The molecular formula is C19H27N3O4S2. The molecule has 0 radical (unpaired) electrons. The van der Waals surface area contributed by atoms with E-state index in [0.29, 0.717) is 24.6 Å². The van der Waals surface area contributed by atoms with Crippen LogP contribution in [-0.2, 0) is 20.0 Å². The second-order valence-corrected chi connectivity index (χ2v) is 11.3. The Labute approximate surface area is 167 Å². The summed E-state index contributed by atoms with van der Waals surface area (Å²) in [5, 5.41) is 4.13. The summed E-state index contributed by atoms with van der Waals surface area (Å²) in [6, 6.07) is 5.16. The molecule has 2 heterocycles. The summed E-state index contributed by atoms with van der Waals surface area (Å²) in [7, 11) is -7.80. The van der Waals surface area contributed by atoms with E-state index in [9.17, 15) is 16.8 Å². The third-order valence-corrected chi connectivity index (χ3v) is 9.33. The lowest BCUT2D eigenvalue weighted by Crippen LogP contribution is -2.38. The van der Waals surface area contributed by atoms with Gasteiger partial charge in [-0.1, -0.05) is 19.1 Å². The molecule has 28 heavy (non-hydrogen) atoms. The van der Waals surface area contributed by atoms with Gasteiger partial charge in [-0.15, -0.1) is 0 Å². The third kappa shape index (κ3) is 3.51. The molecule has 0 amide bonds. The molecule has 154 valence electrons. The first kappa shape index (κ1) is 21.0. The second-order valence-electron chi connectivity index (χ2n) is 7.70. The van der Waals surface area contributed by atoms with Gasteiger partial charge in [-0.05, 0) is 63.6 Å². The molecule has 0 saturated carbocycles. The Morgan fingerprint density at radius 1 is 0.964 bits per heavy atom. The van der Waals surface area contributed by atoms with Crippen molar-refractivity contribution in [2.75, 3.05) is 13.1 Å². The first-order valence-electron chi connectivity index (χ1n) is 9.35. The largest absolute Gasteiger partial charge is 0.283 e. The summed E-state index contributed by atoms with van der Waals surface area (Å²) >= 11 is 0. The molecule has 0 atom stereocenters. The van der Waals surface area contributed by atoms with Gasteiger partial charge in [0.1, 0.15) is 4.90 Å². The van der Waals surface area contributed by atoms with Crippen molar-refractivity contribution < 1.29 is 16.8 Å². The van der Waals surface area contributed by atoms with E-state index in [4.69, 9.17) is 0 Å². The van der Waals surface area contributed by atoms with E-state index in [1.54, 1.807) is 26.0 Å². The Balaban J connectivity index is 2.11. The maximum absolute atomic E-state index is 13.2. The first-order chi connectivity index (χ1) is 13.0. The summed E-state index contributed by atoms with van der Waals surface area (Å²) in [6.45, 7) is 9.56. The van der Waals surface area contributed by atoms with Crippen molar-refractivity contribution in [2.24, 2.45) is 5.92 Å². The molecule has 0 bridgehead atoms.